The number of hydrogen-bond donors (Lipinski definition) is 1. The number of halogens is 2. The number of pyridine rings is 1. The molecule has 0 aromatic carbocycles. The average molecular weight is 284 g/mol. The molecule has 2 rings (SSSR count). The fourth-order valence-electron chi connectivity index (χ4n) is 2.42. The van der Waals surface area contributed by atoms with E-state index in [1.54, 1.807) is 0 Å². The van der Waals surface area contributed by atoms with Gasteiger partial charge in [-0.25, -0.2) is 13.8 Å². The second kappa shape index (κ2) is 6.35. The van der Waals surface area contributed by atoms with Crippen LogP contribution in [0.15, 0.2) is 6.07 Å². The molecule has 1 aromatic rings. The predicted octanol–water partition coefficient (Wildman–Crippen LogP) is 2.32. The van der Waals surface area contributed by atoms with Gasteiger partial charge in [-0.1, -0.05) is 0 Å². The van der Waals surface area contributed by atoms with E-state index in [-0.39, 0.29) is 11.6 Å². The highest BCUT2D eigenvalue weighted by atomic mass is 19.1. The number of hydrogen-bond acceptors (Lipinski definition) is 4. The number of nitrogens with one attached hydrogen (secondary N) is 1. The Kier molecular flexibility index (Phi) is 4.75. The van der Waals surface area contributed by atoms with Gasteiger partial charge in [0, 0.05) is 44.8 Å². The zero-order valence-corrected chi connectivity index (χ0v) is 12.3. The molecule has 0 aliphatic carbocycles. The topological polar surface area (TPSA) is 31.4 Å². The van der Waals surface area contributed by atoms with Gasteiger partial charge >= 0.3 is 0 Å². The standard InChI is InChI=1S/C14H22F2N4/c1-4-17-13-11(15)9-12(16)14(18-13)20-7-5-19(6-8-20)10(2)3/h9-10H,4-8H2,1-3H3,(H,17,18). The Morgan fingerprint density at radius 1 is 1.20 bits per heavy atom. The smallest absolute Gasteiger partial charge is 0.168 e. The summed E-state index contributed by atoms with van der Waals surface area (Å²) in [7, 11) is 0. The second-order valence-electron chi connectivity index (χ2n) is 5.27. The van der Waals surface area contributed by atoms with E-state index in [9.17, 15) is 8.78 Å². The van der Waals surface area contributed by atoms with Crippen molar-refractivity contribution in [2.75, 3.05) is 42.9 Å². The second-order valence-corrected chi connectivity index (χ2v) is 5.27. The zero-order chi connectivity index (χ0) is 14.7. The van der Waals surface area contributed by atoms with Gasteiger partial charge in [-0.2, -0.15) is 0 Å². The number of aromatic nitrogens is 1. The van der Waals surface area contributed by atoms with Gasteiger partial charge in [-0.05, 0) is 20.8 Å². The first-order valence-corrected chi connectivity index (χ1v) is 7.11. The van der Waals surface area contributed by atoms with Gasteiger partial charge in [0.25, 0.3) is 0 Å². The first-order valence-electron chi connectivity index (χ1n) is 7.11. The highest BCUT2D eigenvalue weighted by Gasteiger charge is 2.23. The quantitative estimate of drug-likeness (QED) is 0.919. The Morgan fingerprint density at radius 2 is 1.85 bits per heavy atom. The molecule has 0 radical (unpaired) electrons. The predicted molar refractivity (Wildman–Crippen MR) is 77.2 cm³/mol. The van der Waals surface area contributed by atoms with Crippen molar-refractivity contribution in [3.8, 4) is 0 Å². The van der Waals surface area contributed by atoms with E-state index in [0.29, 0.717) is 25.7 Å². The van der Waals surface area contributed by atoms with Gasteiger partial charge in [0.15, 0.2) is 23.3 Å². The molecule has 2 heterocycles. The molecule has 20 heavy (non-hydrogen) atoms. The van der Waals surface area contributed by atoms with Crippen molar-refractivity contribution in [2.45, 2.75) is 26.8 Å². The Morgan fingerprint density at radius 3 is 2.40 bits per heavy atom. The van der Waals surface area contributed by atoms with E-state index < -0.39 is 11.6 Å². The van der Waals surface area contributed by atoms with Crippen LogP contribution < -0.4 is 10.2 Å². The molecule has 4 nitrogen and oxygen atoms in total. The Hall–Kier alpha value is -1.43. The van der Waals surface area contributed by atoms with E-state index in [4.69, 9.17) is 0 Å². The van der Waals surface area contributed by atoms with Gasteiger partial charge in [0.05, 0.1) is 0 Å². The Bertz CT molecular complexity index is 457. The Balaban J connectivity index is 2.15. The van der Waals surface area contributed by atoms with E-state index in [0.717, 1.165) is 19.2 Å². The molecule has 6 heteroatoms. The molecule has 1 fully saturated rings. The monoisotopic (exact) mass is 284 g/mol. The van der Waals surface area contributed by atoms with Crippen LogP contribution in [0.3, 0.4) is 0 Å². The first-order chi connectivity index (χ1) is 9.52. The molecule has 112 valence electrons. The number of nitrogens with zero attached hydrogens (tertiary/aromatic N) is 3. The van der Waals surface area contributed by atoms with Crippen LogP contribution in [0.25, 0.3) is 0 Å². The van der Waals surface area contributed by atoms with Crippen LogP contribution in [-0.2, 0) is 0 Å². The maximum absolute atomic E-state index is 13.9. The lowest BCUT2D eigenvalue weighted by Gasteiger charge is -2.37. The third-order valence-electron chi connectivity index (χ3n) is 3.60. The highest BCUT2D eigenvalue weighted by Crippen LogP contribution is 2.23. The Labute approximate surface area is 118 Å². The normalized spacial score (nSPS) is 16.8. The van der Waals surface area contributed by atoms with Crippen LogP contribution in [-0.4, -0.2) is 48.6 Å². The largest absolute Gasteiger partial charge is 0.368 e. The van der Waals surface area contributed by atoms with Crippen molar-refractivity contribution in [1.82, 2.24) is 9.88 Å². The summed E-state index contributed by atoms with van der Waals surface area (Å²) in [4.78, 5) is 8.32. The van der Waals surface area contributed by atoms with Gasteiger partial charge in [-0.3, -0.25) is 4.90 Å². The molecule has 1 aliphatic heterocycles. The number of anilines is 2. The molecule has 1 N–H and O–H groups in total. The van der Waals surface area contributed by atoms with Gasteiger partial charge < -0.3 is 10.2 Å². The molecule has 0 spiro atoms. The summed E-state index contributed by atoms with van der Waals surface area (Å²) in [6, 6.07) is 1.40. The third-order valence-corrected chi connectivity index (χ3v) is 3.60. The SMILES string of the molecule is CCNc1nc(N2CCN(C(C)C)CC2)c(F)cc1F. The summed E-state index contributed by atoms with van der Waals surface area (Å²) in [5.41, 5.74) is 0. The molecule has 0 amide bonds. The lowest BCUT2D eigenvalue weighted by atomic mass is 10.2. The maximum Gasteiger partial charge on any atom is 0.168 e. The summed E-state index contributed by atoms with van der Waals surface area (Å²) < 4.78 is 27.5. The minimum atomic E-state index is -0.645. The maximum atomic E-state index is 13.9. The fraction of sp³-hybridized carbons (Fsp3) is 0.643. The highest BCUT2D eigenvalue weighted by molar-refractivity contribution is 5.49. The van der Waals surface area contributed by atoms with Crippen LogP contribution in [0.2, 0.25) is 0 Å². The summed E-state index contributed by atoms with van der Waals surface area (Å²) >= 11 is 0. The van der Waals surface area contributed by atoms with Crippen molar-refractivity contribution in [2.24, 2.45) is 0 Å². The summed E-state index contributed by atoms with van der Waals surface area (Å²) in [5, 5.41) is 2.82. The van der Waals surface area contributed by atoms with E-state index >= 15 is 0 Å². The minimum absolute atomic E-state index is 0.121. The molecule has 0 bridgehead atoms. The number of rotatable bonds is 4. The molecule has 0 unspecified atom stereocenters. The fourth-order valence-corrected chi connectivity index (χ4v) is 2.42. The van der Waals surface area contributed by atoms with Gasteiger partial charge in [0.1, 0.15) is 0 Å². The number of piperazine rings is 1. The lowest BCUT2D eigenvalue weighted by Crippen LogP contribution is -2.49. The molecule has 1 aromatic heterocycles. The van der Waals surface area contributed by atoms with Crippen molar-refractivity contribution in [1.29, 1.82) is 0 Å². The summed E-state index contributed by atoms with van der Waals surface area (Å²) in [6.45, 7) is 9.85. The average Bonchev–Trinajstić information content (AvgIpc) is 2.42. The van der Waals surface area contributed by atoms with E-state index in [1.807, 2.05) is 11.8 Å². The van der Waals surface area contributed by atoms with E-state index in [2.05, 4.69) is 29.0 Å². The van der Waals surface area contributed by atoms with E-state index in [1.165, 1.54) is 0 Å². The van der Waals surface area contributed by atoms with Crippen molar-refractivity contribution < 1.29 is 8.78 Å². The molecule has 1 aliphatic rings. The van der Waals surface area contributed by atoms with Gasteiger partial charge in [0.2, 0.25) is 0 Å². The minimum Gasteiger partial charge on any atom is -0.368 e. The molecular weight excluding hydrogens is 262 g/mol. The summed E-state index contributed by atoms with van der Waals surface area (Å²) in [5.74, 6) is -0.878. The van der Waals surface area contributed by atoms with Crippen molar-refractivity contribution in [3.63, 3.8) is 0 Å². The molecular formula is C14H22F2N4. The van der Waals surface area contributed by atoms with Crippen LogP contribution in [0.4, 0.5) is 20.4 Å². The molecule has 1 saturated heterocycles. The van der Waals surface area contributed by atoms with Crippen LogP contribution in [0, 0.1) is 11.6 Å². The van der Waals surface area contributed by atoms with Crippen LogP contribution in [0.1, 0.15) is 20.8 Å². The van der Waals surface area contributed by atoms with Crippen molar-refractivity contribution in [3.05, 3.63) is 17.7 Å². The molecule has 0 atom stereocenters. The van der Waals surface area contributed by atoms with Crippen molar-refractivity contribution >= 4 is 11.6 Å². The van der Waals surface area contributed by atoms with Crippen LogP contribution in [0.5, 0.6) is 0 Å². The zero-order valence-electron chi connectivity index (χ0n) is 12.3. The van der Waals surface area contributed by atoms with Crippen LogP contribution >= 0.6 is 0 Å². The summed E-state index contributed by atoms with van der Waals surface area (Å²) in [6.07, 6.45) is 0. The molecule has 0 saturated carbocycles. The lowest BCUT2D eigenvalue weighted by molar-refractivity contribution is 0.208. The first kappa shape index (κ1) is 15.0. The van der Waals surface area contributed by atoms with Gasteiger partial charge in [-0.15, -0.1) is 0 Å². The third kappa shape index (κ3) is 3.17.